The van der Waals surface area contributed by atoms with Crippen LogP contribution in [-0.4, -0.2) is 20.9 Å². The summed E-state index contributed by atoms with van der Waals surface area (Å²) >= 11 is 11.7. The molecule has 1 aliphatic rings. The predicted molar refractivity (Wildman–Crippen MR) is 98.7 cm³/mol. The summed E-state index contributed by atoms with van der Waals surface area (Å²) < 4.78 is 19.1. The number of carbonyl (C=O) groups excluding carboxylic acids is 1. The van der Waals surface area contributed by atoms with Crippen molar-refractivity contribution in [2.45, 2.75) is 25.4 Å². The van der Waals surface area contributed by atoms with Crippen LogP contribution in [0.3, 0.4) is 0 Å². The molecule has 138 valence electrons. The van der Waals surface area contributed by atoms with E-state index in [1.165, 1.54) is 12.1 Å². The van der Waals surface area contributed by atoms with Crippen molar-refractivity contribution in [3.05, 3.63) is 69.8 Å². The van der Waals surface area contributed by atoms with Gasteiger partial charge in [-0.15, -0.1) is 0 Å². The zero-order valence-electron chi connectivity index (χ0n) is 14.0. The largest absolute Gasteiger partial charge is 0.337 e. The highest BCUT2D eigenvalue weighted by atomic mass is 35.5. The number of amides is 1. The van der Waals surface area contributed by atoms with Crippen molar-refractivity contribution in [2.75, 3.05) is 0 Å². The molecule has 0 radical (unpaired) electrons. The summed E-state index contributed by atoms with van der Waals surface area (Å²) in [6, 6.07) is 11.3. The van der Waals surface area contributed by atoms with Crippen LogP contribution in [0.2, 0.25) is 10.0 Å². The highest BCUT2D eigenvalue weighted by Crippen LogP contribution is 2.34. The number of aromatic nitrogens is 2. The minimum Gasteiger partial charge on any atom is -0.337 e. The van der Waals surface area contributed by atoms with Gasteiger partial charge in [0.15, 0.2) is 0 Å². The van der Waals surface area contributed by atoms with Crippen LogP contribution in [0.5, 0.6) is 0 Å². The van der Waals surface area contributed by atoms with Crippen molar-refractivity contribution in [1.82, 2.24) is 15.0 Å². The lowest BCUT2D eigenvalue weighted by atomic mass is 10.1. The van der Waals surface area contributed by atoms with Crippen LogP contribution < -0.4 is 0 Å². The van der Waals surface area contributed by atoms with Gasteiger partial charge in [-0.3, -0.25) is 4.79 Å². The smallest absolute Gasteiger partial charge is 0.249 e. The maximum Gasteiger partial charge on any atom is 0.249 e. The van der Waals surface area contributed by atoms with Gasteiger partial charge in [0.25, 0.3) is 0 Å². The minimum absolute atomic E-state index is 0.0114. The highest BCUT2D eigenvalue weighted by Gasteiger charge is 2.36. The number of benzene rings is 2. The summed E-state index contributed by atoms with van der Waals surface area (Å²) in [7, 11) is 0. The third-order valence-corrected chi connectivity index (χ3v) is 5.02. The van der Waals surface area contributed by atoms with E-state index in [0.29, 0.717) is 35.9 Å². The van der Waals surface area contributed by atoms with Crippen LogP contribution in [0.15, 0.2) is 47.0 Å². The fourth-order valence-corrected chi connectivity index (χ4v) is 3.47. The minimum atomic E-state index is -0.556. The third kappa shape index (κ3) is 3.68. The molecule has 1 amide bonds. The second-order valence-electron chi connectivity index (χ2n) is 6.29. The Balaban J connectivity index is 1.59. The first-order valence-corrected chi connectivity index (χ1v) is 9.10. The van der Waals surface area contributed by atoms with E-state index in [1.54, 1.807) is 17.0 Å². The standard InChI is InChI=1S/C19H14Cl2FN3O2/c20-13-3-1-2-11(8-13)10-25-16(6-7-17(25)26)19-23-18(24-27-19)12-4-5-14(21)15(22)9-12/h1-5,8-9,16H,6-7,10H2. The zero-order valence-corrected chi connectivity index (χ0v) is 15.5. The molecule has 2 aromatic carbocycles. The second kappa shape index (κ2) is 7.29. The van der Waals surface area contributed by atoms with Gasteiger partial charge in [0.2, 0.25) is 17.6 Å². The van der Waals surface area contributed by atoms with E-state index < -0.39 is 5.82 Å². The molecule has 1 unspecified atom stereocenters. The van der Waals surface area contributed by atoms with Crippen LogP contribution >= 0.6 is 23.2 Å². The molecule has 8 heteroatoms. The van der Waals surface area contributed by atoms with Gasteiger partial charge < -0.3 is 9.42 Å². The van der Waals surface area contributed by atoms with E-state index in [1.807, 2.05) is 18.2 Å². The molecule has 0 saturated carbocycles. The number of rotatable bonds is 4. The van der Waals surface area contributed by atoms with Crippen LogP contribution in [0.1, 0.15) is 30.3 Å². The van der Waals surface area contributed by atoms with Crippen LogP contribution in [0.4, 0.5) is 4.39 Å². The van der Waals surface area contributed by atoms with Gasteiger partial charge in [-0.25, -0.2) is 4.39 Å². The molecular weight excluding hydrogens is 392 g/mol. The van der Waals surface area contributed by atoms with Gasteiger partial charge in [-0.05, 0) is 42.3 Å². The van der Waals surface area contributed by atoms with Crippen molar-refractivity contribution in [2.24, 2.45) is 0 Å². The molecule has 2 heterocycles. The van der Waals surface area contributed by atoms with E-state index in [0.717, 1.165) is 5.56 Å². The Kier molecular flexibility index (Phi) is 4.85. The summed E-state index contributed by atoms with van der Waals surface area (Å²) in [5.74, 6) is 0.0345. The van der Waals surface area contributed by atoms with Gasteiger partial charge >= 0.3 is 0 Å². The molecule has 1 saturated heterocycles. The number of hydrogen-bond donors (Lipinski definition) is 0. The first-order valence-electron chi connectivity index (χ1n) is 8.34. The zero-order chi connectivity index (χ0) is 19.0. The van der Waals surface area contributed by atoms with Gasteiger partial charge in [-0.2, -0.15) is 4.98 Å². The molecule has 1 aromatic heterocycles. The topological polar surface area (TPSA) is 59.2 Å². The Bertz CT molecular complexity index is 1010. The Morgan fingerprint density at radius 2 is 2.07 bits per heavy atom. The van der Waals surface area contributed by atoms with E-state index >= 15 is 0 Å². The van der Waals surface area contributed by atoms with Crippen LogP contribution in [-0.2, 0) is 11.3 Å². The number of halogens is 3. The molecule has 1 fully saturated rings. The van der Waals surface area contributed by atoms with Crippen LogP contribution in [0, 0.1) is 5.82 Å². The van der Waals surface area contributed by atoms with Gasteiger partial charge in [0, 0.05) is 23.6 Å². The normalized spacial score (nSPS) is 16.9. The van der Waals surface area contributed by atoms with Crippen molar-refractivity contribution in [3.63, 3.8) is 0 Å². The Morgan fingerprint density at radius 3 is 2.85 bits per heavy atom. The van der Waals surface area contributed by atoms with Crippen molar-refractivity contribution >= 4 is 29.1 Å². The molecule has 1 atom stereocenters. The molecule has 1 aliphatic heterocycles. The number of hydrogen-bond acceptors (Lipinski definition) is 4. The number of likely N-dealkylation sites (tertiary alicyclic amines) is 1. The third-order valence-electron chi connectivity index (χ3n) is 4.47. The highest BCUT2D eigenvalue weighted by molar-refractivity contribution is 6.31. The first-order chi connectivity index (χ1) is 13.0. The summed E-state index contributed by atoms with van der Waals surface area (Å²) in [5, 5.41) is 4.56. The average molecular weight is 406 g/mol. The fraction of sp³-hybridized carbons (Fsp3) is 0.211. The summed E-state index contributed by atoms with van der Waals surface area (Å²) in [6.07, 6.45) is 0.981. The van der Waals surface area contributed by atoms with Crippen LogP contribution in [0.25, 0.3) is 11.4 Å². The van der Waals surface area contributed by atoms with Gasteiger partial charge in [0.1, 0.15) is 11.9 Å². The summed E-state index contributed by atoms with van der Waals surface area (Å²) in [4.78, 5) is 18.4. The lowest BCUT2D eigenvalue weighted by Crippen LogP contribution is -2.27. The molecule has 0 spiro atoms. The van der Waals surface area contributed by atoms with E-state index in [4.69, 9.17) is 27.7 Å². The van der Waals surface area contributed by atoms with Gasteiger partial charge in [0.05, 0.1) is 5.02 Å². The summed E-state index contributed by atoms with van der Waals surface area (Å²) in [5.41, 5.74) is 1.37. The predicted octanol–water partition coefficient (Wildman–Crippen LogP) is 5.05. The molecule has 4 rings (SSSR count). The Labute approximate surface area is 164 Å². The van der Waals surface area contributed by atoms with Crippen molar-refractivity contribution in [3.8, 4) is 11.4 Å². The average Bonchev–Trinajstić information content (AvgIpc) is 3.25. The molecule has 0 bridgehead atoms. The van der Waals surface area contributed by atoms with Crippen molar-refractivity contribution in [1.29, 1.82) is 0 Å². The molecule has 27 heavy (non-hydrogen) atoms. The first kappa shape index (κ1) is 17.9. The molecule has 0 N–H and O–H groups in total. The second-order valence-corrected chi connectivity index (χ2v) is 7.13. The Hall–Kier alpha value is -2.44. The molecule has 0 aliphatic carbocycles. The lowest BCUT2D eigenvalue weighted by Gasteiger charge is -2.22. The molecule has 5 nitrogen and oxygen atoms in total. The molecule has 3 aromatic rings. The molecular formula is C19H14Cl2FN3O2. The quantitative estimate of drug-likeness (QED) is 0.609. The van der Waals surface area contributed by atoms with Gasteiger partial charge in [-0.1, -0.05) is 40.5 Å². The van der Waals surface area contributed by atoms with Crippen molar-refractivity contribution < 1.29 is 13.7 Å². The van der Waals surface area contributed by atoms with E-state index in [2.05, 4.69) is 10.1 Å². The summed E-state index contributed by atoms with van der Waals surface area (Å²) in [6.45, 7) is 0.400. The fourth-order valence-electron chi connectivity index (χ4n) is 3.14. The maximum atomic E-state index is 13.7. The number of nitrogens with zero attached hydrogens (tertiary/aromatic N) is 3. The van der Waals surface area contributed by atoms with E-state index in [9.17, 15) is 9.18 Å². The lowest BCUT2D eigenvalue weighted by molar-refractivity contribution is -0.129. The SMILES string of the molecule is O=C1CCC(c2nc(-c3ccc(Cl)c(F)c3)no2)N1Cc1cccc(Cl)c1. The Morgan fingerprint density at radius 1 is 1.22 bits per heavy atom. The monoisotopic (exact) mass is 405 g/mol. The number of carbonyl (C=O) groups is 1. The maximum absolute atomic E-state index is 13.7. The van der Waals surface area contributed by atoms with E-state index in [-0.39, 0.29) is 22.8 Å².